The molecule has 0 amide bonds. The van der Waals surface area contributed by atoms with E-state index in [1.165, 1.54) is 6.33 Å². The van der Waals surface area contributed by atoms with Gasteiger partial charge < -0.3 is 4.90 Å². The van der Waals surface area contributed by atoms with Gasteiger partial charge in [-0.15, -0.1) is 0 Å². The number of fused-ring (bicyclic) bond motifs is 2. The summed E-state index contributed by atoms with van der Waals surface area (Å²) in [6.07, 6.45) is 6.09. The van der Waals surface area contributed by atoms with Crippen molar-refractivity contribution in [2.24, 2.45) is 0 Å². The second kappa shape index (κ2) is 7.13. The van der Waals surface area contributed by atoms with Gasteiger partial charge in [0.25, 0.3) is 0 Å². The van der Waals surface area contributed by atoms with Crippen LogP contribution in [0.3, 0.4) is 0 Å². The minimum atomic E-state index is -3.63. The number of nitrogens with zero attached hydrogens (tertiary/aromatic N) is 6. The minimum Gasteiger partial charge on any atom is -0.351 e. The second-order valence-electron chi connectivity index (χ2n) is 7.54. The van der Waals surface area contributed by atoms with Crippen LogP contribution in [0.2, 0.25) is 0 Å². The number of hydrogen-bond acceptors (Lipinski definition) is 6. The Balaban J connectivity index is 1.36. The van der Waals surface area contributed by atoms with Gasteiger partial charge in [-0.1, -0.05) is 6.92 Å². The zero-order chi connectivity index (χ0) is 20.9. The third kappa shape index (κ3) is 2.98. The first-order valence-corrected chi connectivity index (χ1v) is 11.3. The number of sulfonamides is 1. The number of aryl methyl sites for hydroxylation is 1. The summed E-state index contributed by atoms with van der Waals surface area (Å²) in [7, 11) is -3.63. The zero-order valence-corrected chi connectivity index (χ0v) is 17.2. The SMILES string of the molecule is CCc1ncnc(N2CC3CC(C2)N3S(=O)(=O)c2ccc(-n3cccn3)cc2)c1F. The molecule has 3 aliphatic rings. The van der Waals surface area contributed by atoms with Gasteiger partial charge in [-0.2, -0.15) is 9.40 Å². The van der Waals surface area contributed by atoms with E-state index in [1.54, 1.807) is 45.6 Å². The monoisotopic (exact) mass is 428 g/mol. The molecule has 10 heteroatoms. The normalized spacial score (nSPS) is 21.5. The van der Waals surface area contributed by atoms with Crippen molar-refractivity contribution in [3.05, 3.63) is 60.6 Å². The first kappa shape index (κ1) is 19.1. The van der Waals surface area contributed by atoms with Crippen LogP contribution in [0.15, 0.2) is 53.9 Å². The molecule has 30 heavy (non-hydrogen) atoms. The number of anilines is 1. The van der Waals surface area contributed by atoms with Gasteiger partial charge in [0.05, 0.1) is 16.3 Å². The lowest BCUT2D eigenvalue weighted by Gasteiger charge is -2.55. The van der Waals surface area contributed by atoms with Crippen molar-refractivity contribution in [1.29, 1.82) is 0 Å². The Kier molecular flexibility index (Phi) is 4.55. The first-order chi connectivity index (χ1) is 14.5. The number of piperazine rings is 1. The van der Waals surface area contributed by atoms with Crippen LogP contribution >= 0.6 is 0 Å². The summed E-state index contributed by atoms with van der Waals surface area (Å²) in [5.41, 5.74) is 1.17. The number of halogens is 1. The van der Waals surface area contributed by atoms with Crippen LogP contribution in [-0.2, 0) is 16.4 Å². The van der Waals surface area contributed by atoms with Crippen LogP contribution < -0.4 is 4.90 Å². The number of benzene rings is 1. The molecule has 0 aliphatic carbocycles. The van der Waals surface area contributed by atoms with Crippen molar-refractivity contribution in [3.8, 4) is 5.69 Å². The van der Waals surface area contributed by atoms with Crippen molar-refractivity contribution in [2.75, 3.05) is 18.0 Å². The summed E-state index contributed by atoms with van der Waals surface area (Å²) in [6, 6.07) is 8.11. The van der Waals surface area contributed by atoms with E-state index in [0.717, 1.165) is 12.1 Å². The fraction of sp³-hybridized carbons (Fsp3) is 0.350. The molecule has 2 unspecified atom stereocenters. The highest BCUT2D eigenvalue weighted by molar-refractivity contribution is 7.89. The quantitative estimate of drug-likeness (QED) is 0.618. The molecule has 3 saturated heterocycles. The molecular formula is C20H21FN6O2S. The molecule has 0 radical (unpaired) electrons. The Hall–Kier alpha value is -2.85. The Morgan fingerprint density at radius 2 is 1.87 bits per heavy atom. The van der Waals surface area contributed by atoms with Gasteiger partial charge in [-0.3, -0.25) is 0 Å². The van der Waals surface area contributed by atoms with Crippen molar-refractivity contribution in [1.82, 2.24) is 24.1 Å². The second-order valence-corrected chi connectivity index (χ2v) is 9.38. The van der Waals surface area contributed by atoms with E-state index in [-0.39, 0.29) is 22.8 Å². The molecule has 2 atom stereocenters. The fourth-order valence-electron chi connectivity index (χ4n) is 4.32. The Labute approximate surface area is 174 Å². The molecule has 3 aromatic rings. The van der Waals surface area contributed by atoms with Crippen LogP contribution in [0.1, 0.15) is 19.0 Å². The van der Waals surface area contributed by atoms with Gasteiger partial charge in [0.15, 0.2) is 11.6 Å². The van der Waals surface area contributed by atoms with E-state index in [9.17, 15) is 12.8 Å². The highest BCUT2D eigenvalue weighted by Crippen LogP contribution is 2.39. The summed E-state index contributed by atoms with van der Waals surface area (Å²) in [6.45, 7) is 2.67. The predicted molar refractivity (Wildman–Crippen MR) is 108 cm³/mol. The standard InChI is InChI=1S/C20H21FN6O2S/c1-2-18-19(21)20(23-13-22-18)25-11-15-10-16(12-25)27(15)30(28,29)17-6-4-14(5-7-17)26-9-3-8-24-26/h3-9,13,15-16H,2,10-12H2,1H3. The molecule has 5 heterocycles. The molecule has 156 valence electrons. The van der Waals surface area contributed by atoms with Gasteiger partial charge in [0.1, 0.15) is 6.33 Å². The molecule has 1 aromatic carbocycles. The lowest BCUT2D eigenvalue weighted by molar-refractivity contribution is 0.0870. The van der Waals surface area contributed by atoms with Crippen LogP contribution in [0.5, 0.6) is 0 Å². The number of piperidine rings is 1. The van der Waals surface area contributed by atoms with Crippen LogP contribution in [0, 0.1) is 5.82 Å². The van der Waals surface area contributed by atoms with E-state index in [4.69, 9.17) is 0 Å². The maximum atomic E-state index is 14.6. The highest BCUT2D eigenvalue weighted by atomic mass is 32.2. The van der Waals surface area contributed by atoms with E-state index in [0.29, 0.717) is 25.2 Å². The van der Waals surface area contributed by atoms with Gasteiger partial charge in [-0.05, 0) is 43.2 Å². The molecular weight excluding hydrogens is 407 g/mol. The van der Waals surface area contributed by atoms with E-state index in [1.807, 2.05) is 17.9 Å². The van der Waals surface area contributed by atoms with E-state index in [2.05, 4.69) is 15.1 Å². The molecule has 8 nitrogen and oxygen atoms in total. The largest absolute Gasteiger partial charge is 0.351 e. The van der Waals surface area contributed by atoms with Crippen molar-refractivity contribution in [2.45, 2.75) is 36.7 Å². The lowest BCUT2D eigenvalue weighted by atomic mass is 9.91. The first-order valence-electron chi connectivity index (χ1n) is 9.87. The van der Waals surface area contributed by atoms with Crippen molar-refractivity contribution < 1.29 is 12.8 Å². The number of aromatic nitrogens is 4. The predicted octanol–water partition coefficient (Wildman–Crippen LogP) is 2.02. The third-order valence-electron chi connectivity index (χ3n) is 5.78. The molecule has 0 saturated carbocycles. The van der Waals surface area contributed by atoms with Gasteiger partial charge in [-0.25, -0.2) is 27.5 Å². The molecule has 2 bridgehead atoms. The lowest BCUT2D eigenvalue weighted by Crippen LogP contribution is -2.70. The summed E-state index contributed by atoms with van der Waals surface area (Å²) < 4.78 is 44.3. The summed E-state index contributed by atoms with van der Waals surface area (Å²) >= 11 is 0. The molecule has 3 aliphatic heterocycles. The highest BCUT2D eigenvalue weighted by Gasteiger charge is 2.51. The molecule has 2 aromatic heterocycles. The van der Waals surface area contributed by atoms with Crippen LogP contribution in [-0.4, -0.2) is 57.6 Å². The smallest absolute Gasteiger partial charge is 0.243 e. The minimum absolute atomic E-state index is 0.195. The van der Waals surface area contributed by atoms with Gasteiger partial charge in [0.2, 0.25) is 10.0 Å². The average Bonchev–Trinajstić information content (AvgIpc) is 3.28. The number of hydrogen-bond donors (Lipinski definition) is 0. The average molecular weight is 428 g/mol. The summed E-state index contributed by atoms with van der Waals surface area (Å²) in [5.74, 6) is -0.151. The Morgan fingerprint density at radius 3 is 2.50 bits per heavy atom. The molecule has 6 rings (SSSR count). The fourth-order valence-corrected chi connectivity index (χ4v) is 6.13. The number of rotatable bonds is 5. The summed E-state index contributed by atoms with van der Waals surface area (Å²) in [5, 5.41) is 4.15. The third-order valence-corrected chi connectivity index (χ3v) is 7.80. The topological polar surface area (TPSA) is 84.2 Å². The molecule has 0 spiro atoms. The zero-order valence-electron chi connectivity index (χ0n) is 16.4. The van der Waals surface area contributed by atoms with Crippen molar-refractivity contribution >= 4 is 15.8 Å². The van der Waals surface area contributed by atoms with Gasteiger partial charge >= 0.3 is 0 Å². The Morgan fingerprint density at radius 1 is 1.13 bits per heavy atom. The van der Waals surface area contributed by atoms with Crippen molar-refractivity contribution in [3.63, 3.8) is 0 Å². The Bertz CT molecular complexity index is 1150. The van der Waals surface area contributed by atoms with Crippen LogP contribution in [0.25, 0.3) is 5.69 Å². The maximum absolute atomic E-state index is 14.6. The maximum Gasteiger partial charge on any atom is 0.243 e. The summed E-state index contributed by atoms with van der Waals surface area (Å²) in [4.78, 5) is 10.2. The van der Waals surface area contributed by atoms with Crippen LogP contribution in [0.4, 0.5) is 10.2 Å². The molecule has 3 fully saturated rings. The van der Waals surface area contributed by atoms with E-state index >= 15 is 0 Å². The van der Waals surface area contributed by atoms with E-state index < -0.39 is 15.8 Å². The molecule has 0 N–H and O–H groups in total. The van der Waals surface area contributed by atoms with Gasteiger partial charge in [0, 0.05) is 37.6 Å².